The maximum atomic E-state index is 8.45. The molecule has 0 aromatic carbocycles. The molecular weight excluding hydrogens is 138 g/mol. The second-order valence-electron chi connectivity index (χ2n) is 3.15. The molecule has 2 atom stereocenters. The molecule has 0 aromatic heterocycles. The van der Waals surface area contributed by atoms with Crippen LogP contribution in [-0.4, -0.2) is 12.7 Å². The minimum atomic E-state index is 0.221. The van der Waals surface area contributed by atoms with Crippen molar-refractivity contribution < 1.29 is 4.74 Å². The highest BCUT2D eigenvalue weighted by Crippen LogP contribution is 2.23. The van der Waals surface area contributed by atoms with E-state index in [1.165, 1.54) is 12.8 Å². The van der Waals surface area contributed by atoms with Crippen molar-refractivity contribution in [3.05, 3.63) is 0 Å². The van der Waals surface area contributed by atoms with Crippen LogP contribution in [0.4, 0.5) is 0 Å². The van der Waals surface area contributed by atoms with Gasteiger partial charge < -0.3 is 4.74 Å². The Kier molecular flexibility index (Phi) is 3.38. The summed E-state index contributed by atoms with van der Waals surface area (Å²) in [5.41, 5.74) is 0. The SMILES string of the molecule is CCC1CCOC(CC#N)C1. The topological polar surface area (TPSA) is 33.0 Å². The molecule has 0 bridgehead atoms. The Morgan fingerprint density at radius 2 is 2.45 bits per heavy atom. The molecule has 0 N–H and O–H groups in total. The van der Waals surface area contributed by atoms with Crippen LogP contribution in [0.2, 0.25) is 0 Å². The fraction of sp³-hybridized carbons (Fsp3) is 0.889. The Balaban J connectivity index is 2.28. The zero-order valence-electron chi connectivity index (χ0n) is 7.05. The van der Waals surface area contributed by atoms with E-state index < -0.39 is 0 Å². The van der Waals surface area contributed by atoms with Gasteiger partial charge in [0.15, 0.2) is 0 Å². The summed E-state index contributed by atoms with van der Waals surface area (Å²) < 4.78 is 5.43. The van der Waals surface area contributed by atoms with Gasteiger partial charge in [-0.15, -0.1) is 0 Å². The van der Waals surface area contributed by atoms with Gasteiger partial charge in [-0.2, -0.15) is 5.26 Å². The molecule has 0 saturated carbocycles. The molecule has 0 aliphatic carbocycles. The summed E-state index contributed by atoms with van der Waals surface area (Å²) in [4.78, 5) is 0. The van der Waals surface area contributed by atoms with Crippen LogP contribution < -0.4 is 0 Å². The van der Waals surface area contributed by atoms with Crippen molar-refractivity contribution in [2.45, 2.75) is 38.7 Å². The van der Waals surface area contributed by atoms with Crippen molar-refractivity contribution >= 4 is 0 Å². The van der Waals surface area contributed by atoms with E-state index in [9.17, 15) is 0 Å². The van der Waals surface area contributed by atoms with Crippen molar-refractivity contribution in [1.82, 2.24) is 0 Å². The molecular formula is C9H15NO. The molecule has 1 rings (SSSR count). The van der Waals surface area contributed by atoms with E-state index in [0.717, 1.165) is 18.9 Å². The second kappa shape index (κ2) is 4.35. The van der Waals surface area contributed by atoms with E-state index in [0.29, 0.717) is 6.42 Å². The van der Waals surface area contributed by atoms with E-state index in [2.05, 4.69) is 13.0 Å². The molecule has 2 nitrogen and oxygen atoms in total. The molecule has 11 heavy (non-hydrogen) atoms. The monoisotopic (exact) mass is 153 g/mol. The van der Waals surface area contributed by atoms with E-state index in [4.69, 9.17) is 10.00 Å². The summed E-state index contributed by atoms with van der Waals surface area (Å²) in [6, 6.07) is 2.16. The first-order valence-electron chi connectivity index (χ1n) is 4.35. The zero-order chi connectivity index (χ0) is 8.10. The molecule has 0 spiro atoms. The molecule has 0 radical (unpaired) electrons. The average molecular weight is 153 g/mol. The van der Waals surface area contributed by atoms with Crippen molar-refractivity contribution in [3.63, 3.8) is 0 Å². The number of nitriles is 1. The maximum absolute atomic E-state index is 8.45. The number of hydrogen-bond acceptors (Lipinski definition) is 2. The highest BCUT2D eigenvalue weighted by atomic mass is 16.5. The van der Waals surface area contributed by atoms with Crippen LogP contribution in [-0.2, 0) is 4.74 Å². The van der Waals surface area contributed by atoms with Crippen molar-refractivity contribution in [2.75, 3.05) is 6.61 Å². The first-order chi connectivity index (χ1) is 5.36. The Bertz CT molecular complexity index is 150. The first-order valence-corrected chi connectivity index (χ1v) is 4.35. The Hall–Kier alpha value is -0.550. The van der Waals surface area contributed by atoms with Gasteiger partial charge >= 0.3 is 0 Å². The highest BCUT2D eigenvalue weighted by molar-refractivity contribution is 4.80. The van der Waals surface area contributed by atoms with Gasteiger partial charge in [0.05, 0.1) is 18.6 Å². The van der Waals surface area contributed by atoms with Gasteiger partial charge in [-0.1, -0.05) is 13.3 Å². The van der Waals surface area contributed by atoms with Crippen LogP contribution >= 0.6 is 0 Å². The summed E-state index contributed by atoms with van der Waals surface area (Å²) in [6.45, 7) is 3.06. The van der Waals surface area contributed by atoms with E-state index in [1.54, 1.807) is 0 Å². The summed E-state index contributed by atoms with van der Waals surface area (Å²) in [7, 11) is 0. The quantitative estimate of drug-likeness (QED) is 0.608. The van der Waals surface area contributed by atoms with E-state index in [1.807, 2.05) is 0 Å². The molecule has 1 heterocycles. The lowest BCUT2D eigenvalue weighted by Gasteiger charge is -2.27. The Morgan fingerprint density at radius 3 is 3.09 bits per heavy atom. The molecule has 1 aliphatic rings. The number of hydrogen-bond donors (Lipinski definition) is 0. The molecule has 0 amide bonds. The summed E-state index contributed by atoms with van der Waals surface area (Å²) >= 11 is 0. The Labute approximate surface area is 68.2 Å². The third kappa shape index (κ3) is 2.51. The smallest absolute Gasteiger partial charge is 0.0707 e. The first kappa shape index (κ1) is 8.55. The highest BCUT2D eigenvalue weighted by Gasteiger charge is 2.20. The summed E-state index contributed by atoms with van der Waals surface area (Å²) in [6.07, 6.45) is 4.28. The molecule has 2 heteroatoms. The van der Waals surface area contributed by atoms with E-state index in [-0.39, 0.29) is 6.10 Å². The molecule has 0 aromatic rings. The van der Waals surface area contributed by atoms with Crippen molar-refractivity contribution in [2.24, 2.45) is 5.92 Å². The molecule has 62 valence electrons. The second-order valence-corrected chi connectivity index (χ2v) is 3.15. The normalized spacial score (nSPS) is 31.3. The minimum Gasteiger partial charge on any atom is -0.377 e. The number of ether oxygens (including phenoxy) is 1. The third-order valence-corrected chi connectivity index (χ3v) is 2.37. The standard InChI is InChI=1S/C9H15NO/c1-2-8-4-6-11-9(7-8)3-5-10/h8-9H,2-4,6-7H2,1H3. The van der Waals surface area contributed by atoms with Gasteiger partial charge in [-0.05, 0) is 18.8 Å². The minimum absolute atomic E-state index is 0.221. The number of nitrogens with zero attached hydrogens (tertiary/aromatic N) is 1. The maximum Gasteiger partial charge on any atom is 0.0707 e. The van der Waals surface area contributed by atoms with Crippen LogP contribution in [0.3, 0.4) is 0 Å². The lowest BCUT2D eigenvalue weighted by molar-refractivity contribution is -0.00630. The summed E-state index contributed by atoms with van der Waals surface area (Å²) in [5.74, 6) is 0.794. The van der Waals surface area contributed by atoms with Crippen molar-refractivity contribution in [3.8, 4) is 6.07 Å². The van der Waals surface area contributed by atoms with Crippen LogP contribution in [0, 0.1) is 17.2 Å². The van der Waals surface area contributed by atoms with Crippen LogP contribution in [0.15, 0.2) is 0 Å². The van der Waals surface area contributed by atoms with Gasteiger partial charge in [-0.3, -0.25) is 0 Å². The van der Waals surface area contributed by atoms with Gasteiger partial charge in [0.1, 0.15) is 0 Å². The van der Waals surface area contributed by atoms with E-state index >= 15 is 0 Å². The zero-order valence-corrected chi connectivity index (χ0v) is 7.05. The van der Waals surface area contributed by atoms with Gasteiger partial charge in [0, 0.05) is 6.61 Å². The number of rotatable bonds is 2. The molecule has 2 unspecified atom stereocenters. The van der Waals surface area contributed by atoms with Crippen LogP contribution in [0.25, 0.3) is 0 Å². The van der Waals surface area contributed by atoms with Gasteiger partial charge in [0.2, 0.25) is 0 Å². The summed E-state index contributed by atoms with van der Waals surface area (Å²) in [5, 5.41) is 8.45. The lowest BCUT2D eigenvalue weighted by Crippen LogP contribution is -2.24. The van der Waals surface area contributed by atoms with Crippen molar-refractivity contribution in [1.29, 1.82) is 5.26 Å². The fourth-order valence-electron chi connectivity index (χ4n) is 1.57. The lowest BCUT2D eigenvalue weighted by atomic mass is 9.92. The third-order valence-electron chi connectivity index (χ3n) is 2.37. The largest absolute Gasteiger partial charge is 0.377 e. The molecule has 1 saturated heterocycles. The average Bonchev–Trinajstić information content (AvgIpc) is 2.06. The molecule has 1 aliphatic heterocycles. The van der Waals surface area contributed by atoms with Crippen LogP contribution in [0.5, 0.6) is 0 Å². The van der Waals surface area contributed by atoms with Gasteiger partial charge in [0.25, 0.3) is 0 Å². The fourth-order valence-corrected chi connectivity index (χ4v) is 1.57. The van der Waals surface area contributed by atoms with Crippen LogP contribution in [0.1, 0.15) is 32.6 Å². The predicted molar refractivity (Wildman–Crippen MR) is 43.0 cm³/mol. The molecule has 1 fully saturated rings. The van der Waals surface area contributed by atoms with Gasteiger partial charge in [-0.25, -0.2) is 0 Å². The predicted octanol–water partition coefficient (Wildman–Crippen LogP) is 2.11. The Morgan fingerprint density at radius 1 is 1.64 bits per heavy atom.